The van der Waals surface area contributed by atoms with E-state index in [0.717, 1.165) is 0 Å². The number of pyridine rings is 1. The molecule has 0 radical (unpaired) electrons. The van der Waals surface area contributed by atoms with Crippen LogP contribution in [0.2, 0.25) is 0 Å². The highest BCUT2D eigenvalue weighted by Gasteiger charge is 2.13. The van der Waals surface area contributed by atoms with Gasteiger partial charge in [-0.15, -0.1) is 0 Å². The molecule has 2 heterocycles. The Bertz CT molecular complexity index is 1050. The Morgan fingerprint density at radius 1 is 1.23 bits per heavy atom. The molecule has 8 nitrogen and oxygen atoms in total. The number of rotatable bonds is 4. The Morgan fingerprint density at radius 2 is 2.00 bits per heavy atom. The molecule has 8 heteroatoms. The molecular formula is C18H13N5O3. The highest BCUT2D eigenvalue weighted by Crippen LogP contribution is 2.23. The van der Waals surface area contributed by atoms with Crippen LogP contribution in [0.3, 0.4) is 0 Å². The SMILES string of the molecule is N#Cc1cnc(-c2ncc(CC(=O)Nc3ccccc3)c(=O)[nH]2)c(O)c1. The van der Waals surface area contributed by atoms with E-state index < -0.39 is 5.56 Å². The number of aromatic nitrogens is 3. The number of amides is 1. The molecule has 0 saturated carbocycles. The fraction of sp³-hybridized carbons (Fsp3) is 0.0556. The summed E-state index contributed by atoms with van der Waals surface area (Å²) in [5, 5.41) is 21.4. The number of nitrogens with zero attached hydrogens (tertiary/aromatic N) is 3. The second kappa shape index (κ2) is 7.27. The first-order chi connectivity index (χ1) is 12.6. The van der Waals surface area contributed by atoms with Gasteiger partial charge in [0, 0.05) is 29.7 Å². The topological polar surface area (TPSA) is 132 Å². The zero-order chi connectivity index (χ0) is 18.5. The molecule has 128 valence electrons. The van der Waals surface area contributed by atoms with E-state index in [9.17, 15) is 14.7 Å². The summed E-state index contributed by atoms with van der Waals surface area (Å²) >= 11 is 0. The van der Waals surface area contributed by atoms with Crippen molar-refractivity contribution in [2.75, 3.05) is 5.32 Å². The van der Waals surface area contributed by atoms with Gasteiger partial charge in [-0.1, -0.05) is 18.2 Å². The summed E-state index contributed by atoms with van der Waals surface area (Å²) in [5.41, 5.74) is 0.522. The third-order valence-electron chi connectivity index (χ3n) is 3.50. The van der Waals surface area contributed by atoms with Crippen molar-refractivity contribution in [1.82, 2.24) is 15.0 Å². The lowest BCUT2D eigenvalue weighted by Crippen LogP contribution is -2.22. The Morgan fingerprint density at radius 3 is 2.65 bits per heavy atom. The molecule has 3 aromatic rings. The number of hydrogen-bond acceptors (Lipinski definition) is 6. The second-order valence-corrected chi connectivity index (χ2v) is 5.38. The van der Waals surface area contributed by atoms with Crippen molar-refractivity contribution in [3.05, 3.63) is 70.3 Å². The predicted octanol–water partition coefficient (Wildman–Crippen LogP) is 1.59. The Kier molecular flexibility index (Phi) is 4.71. The number of aromatic hydroxyl groups is 1. The second-order valence-electron chi connectivity index (χ2n) is 5.38. The first-order valence-corrected chi connectivity index (χ1v) is 7.59. The molecule has 0 fully saturated rings. The van der Waals surface area contributed by atoms with Crippen LogP contribution in [0.1, 0.15) is 11.1 Å². The highest BCUT2D eigenvalue weighted by atomic mass is 16.3. The number of benzene rings is 1. The number of aromatic amines is 1. The number of H-pyrrole nitrogens is 1. The van der Waals surface area contributed by atoms with E-state index in [4.69, 9.17) is 5.26 Å². The minimum Gasteiger partial charge on any atom is -0.505 e. The monoisotopic (exact) mass is 347 g/mol. The van der Waals surface area contributed by atoms with Crippen LogP contribution in [0.15, 0.2) is 53.6 Å². The average Bonchev–Trinajstić information content (AvgIpc) is 2.64. The van der Waals surface area contributed by atoms with Crippen molar-refractivity contribution >= 4 is 11.6 Å². The van der Waals surface area contributed by atoms with Gasteiger partial charge in [-0.2, -0.15) is 5.26 Å². The van der Waals surface area contributed by atoms with Crippen LogP contribution in [0.25, 0.3) is 11.5 Å². The van der Waals surface area contributed by atoms with Crippen molar-refractivity contribution in [1.29, 1.82) is 5.26 Å². The van der Waals surface area contributed by atoms with Crippen LogP contribution < -0.4 is 10.9 Å². The summed E-state index contributed by atoms with van der Waals surface area (Å²) in [5.74, 6) is -0.582. The van der Waals surface area contributed by atoms with Crippen molar-refractivity contribution in [3.63, 3.8) is 0 Å². The van der Waals surface area contributed by atoms with Crippen LogP contribution in [0.4, 0.5) is 5.69 Å². The van der Waals surface area contributed by atoms with Gasteiger partial charge >= 0.3 is 0 Å². The molecule has 0 atom stereocenters. The maximum absolute atomic E-state index is 12.2. The maximum atomic E-state index is 12.2. The Balaban J connectivity index is 1.79. The third-order valence-corrected chi connectivity index (χ3v) is 3.50. The van der Waals surface area contributed by atoms with Gasteiger partial charge in [0.1, 0.15) is 17.5 Å². The van der Waals surface area contributed by atoms with Crippen molar-refractivity contribution in [3.8, 4) is 23.3 Å². The predicted molar refractivity (Wildman–Crippen MR) is 93.2 cm³/mol. The molecule has 2 aromatic heterocycles. The smallest absolute Gasteiger partial charge is 0.254 e. The number of nitrogens with one attached hydrogen (secondary N) is 2. The minimum atomic E-state index is -0.510. The van der Waals surface area contributed by atoms with Gasteiger partial charge in [0.15, 0.2) is 5.82 Å². The lowest BCUT2D eigenvalue weighted by atomic mass is 10.2. The highest BCUT2D eigenvalue weighted by molar-refractivity contribution is 5.92. The molecular weight excluding hydrogens is 334 g/mol. The Labute approximate surface area is 147 Å². The van der Waals surface area contributed by atoms with Gasteiger partial charge in [-0.25, -0.2) is 9.97 Å². The molecule has 0 aliphatic carbocycles. The molecule has 0 spiro atoms. The van der Waals surface area contributed by atoms with Crippen molar-refractivity contribution < 1.29 is 9.90 Å². The normalized spacial score (nSPS) is 10.1. The molecule has 26 heavy (non-hydrogen) atoms. The minimum absolute atomic E-state index is 0.0430. The van der Waals surface area contributed by atoms with E-state index >= 15 is 0 Å². The quantitative estimate of drug-likeness (QED) is 0.656. The van der Waals surface area contributed by atoms with Crippen molar-refractivity contribution in [2.24, 2.45) is 0 Å². The number of carbonyl (C=O) groups excluding carboxylic acids is 1. The summed E-state index contributed by atoms with van der Waals surface area (Å²) in [7, 11) is 0. The summed E-state index contributed by atoms with van der Waals surface area (Å²) < 4.78 is 0. The zero-order valence-electron chi connectivity index (χ0n) is 13.4. The molecule has 1 aromatic carbocycles. The van der Waals surface area contributed by atoms with Gasteiger partial charge in [0.2, 0.25) is 5.91 Å². The number of anilines is 1. The fourth-order valence-corrected chi connectivity index (χ4v) is 2.26. The zero-order valence-corrected chi connectivity index (χ0v) is 13.4. The molecule has 3 N–H and O–H groups in total. The van der Waals surface area contributed by atoms with Crippen LogP contribution in [-0.4, -0.2) is 26.0 Å². The van der Waals surface area contributed by atoms with E-state index in [1.54, 1.807) is 24.3 Å². The summed E-state index contributed by atoms with van der Waals surface area (Å²) in [6.45, 7) is 0. The Hall–Kier alpha value is -3.99. The number of carbonyl (C=O) groups is 1. The lowest BCUT2D eigenvalue weighted by Gasteiger charge is -2.06. The number of nitriles is 1. The van der Waals surface area contributed by atoms with Gasteiger partial charge in [0.05, 0.1) is 12.0 Å². The molecule has 1 amide bonds. The lowest BCUT2D eigenvalue weighted by molar-refractivity contribution is -0.115. The first kappa shape index (κ1) is 16.9. The molecule has 0 bridgehead atoms. The standard InChI is InChI=1S/C18H13N5O3/c19-8-11-6-14(24)16(20-9-11)17-21-10-12(18(26)23-17)7-15(25)22-13-4-2-1-3-5-13/h1-6,9-10,24H,7H2,(H,22,25)(H,21,23,26). The van der Waals surface area contributed by atoms with E-state index in [1.807, 2.05) is 12.1 Å². The third kappa shape index (κ3) is 3.73. The van der Waals surface area contributed by atoms with E-state index in [-0.39, 0.29) is 40.7 Å². The van der Waals surface area contributed by atoms with Gasteiger partial charge in [-0.05, 0) is 12.1 Å². The van der Waals surface area contributed by atoms with E-state index in [1.165, 1.54) is 18.5 Å². The molecule has 0 aliphatic heterocycles. The van der Waals surface area contributed by atoms with Crippen LogP contribution in [-0.2, 0) is 11.2 Å². The molecule has 3 rings (SSSR count). The van der Waals surface area contributed by atoms with Crippen molar-refractivity contribution in [2.45, 2.75) is 6.42 Å². The molecule has 0 unspecified atom stereocenters. The van der Waals surface area contributed by atoms with Crippen LogP contribution in [0, 0.1) is 11.3 Å². The average molecular weight is 347 g/mol. The van der Waals surface area contributed by atoms with Crippen LogP contribution in [0.5, 0.6) is 5.75 Å². The molecule has 0 aliphatic rings. The van der Waals surface area contributed by atoms with Gasteiger partial charge in [0.25, 0.3) is 5.56 Å². The number of para-hydroxylation sites is 1. The summed E-state index contributed by atoms with van der Waals surface area (Å²) in [4.78, 5) is 34.7. The van der Waals surface area contributed by atoms with Gasteiger partial charge < -0.3 is 15.4 Å². The van der Waals surface area contributed by atoms with E-state index in [2.05, 4.69) is 20.3 Å². The summed E-state index contributed by atoms with van der Waals surface area (Å²) in [6.07, 6.45) is 2.37. The van der Waals surface area contributed by atoms with Gasteiger partial charge in [-0.3, -0.25) is 9.59 Å². The van der Waals surface area contributed by atoms with Crippen LogP contribution >= 0.6 is 0 Å². The largest absolute Gasteiger partial charge is 0.505 e. The summed E-state index contributed by atoms with van der Waals surface area (Å²) in [6, 6.07) is 12.0. The maximum Gasteiger partial charge on any atom is 0.254 e. The molecule has 0 saturated heterocycles. The fourth-order valence-electron chi connectivity index (χ4n) is 2.26. The first-order valence-electron chi connectivity index (χ1n) is 7.59. The number of hydrogen-bond donors (Lipinski definition) is 3. The van der Waals surface area contributed by atoms with E-state index in [0.29, 0.717) is 5.69 Å².